The number of aliphatic carboxylic acids is 1. The molecule has 0 bridgehead atoms. The molecule has 0 amide bonds. The smallest absolute Gasteiger partial charge is 0.306 e. The Bertz CT molecular complexity index is 148. The van der Waals surface area contributed by atoms with Gasteiger partial charge in [-0.1, -0.05) is 55.0 Å². The van der Waals surface area contributed by atoms with Crippen molar-refractivity contribution in [2.45, 2.75) is 51.9 Å². The maximum atomic E-state index is 10.5. The molecule has 84 valence electrons. The summed E-state index contributed by atoms with van der Waals surface area (Å²) in [6.07, 6.45) is 8.15. The molecule has 0 fully saturated rings. The van der Waals surface area contributed by atoms with Gasteiger partial charge in [0, 0.05) is 5.33 Å². The van der Waals surface area contributed by atoms with E-state index >= 15 is 0 Å². The van der Waals surface area contributed by atoms with Crippen molar-refractivity contribution in [3.05, 3.63) is 0 Å². The van der Waals surface area contributed by atoms with Gasteiger partial charge in [0.15, 0.2) is 0 Å². The van der Waals surface area contributed by atoms with Gasteiger partial charge in [0.05, 0.1) is 5.92 Å². The molecule has 0 aliphatic carbocycles. The van der Waals surface area contributed by atoms with Crippen LogP contribution in [0, 0.1) is 5.92 Å². The molecule has 0 aromatic heterocycles. The largest absolute Gasteiger partial charge is 0.481 e. The highest BCUT2D eigenvalue weighted by Gasteiger charge is 2.09. The number of unbranched alkanes of at least 4 members (excludes halogenated alkanes) is 5. The number of halogens is 1. The number of carboxylic acid groups (broad SMARTS) is 1. The average Bonchev–Trinajstić information content (AvgIpc) is 2.16. The van der Waals surface area contributed by atoms with Gasteiger partial charge in [-0.05, 0) is 12.8 Å². The number of carboxylic acids is 1. The van der Waals surface area contributed by atoms with Crippen molar-refractivity contribution < 1.29 is 9.90 Å². The SMILES string of the molecule is CC(CCCCCCCCBr)C(=O)O. The second-order valence-corrected chi connectivity index (χ2v) is 4.63. The predicted octanol–water partition coefficient (Wildman–Crippen LogP) is 3.83. The molecule has 0 aromatic rings. The van der Waals surface area contributed by atoms with Gasteiger partial charge in [-0.15, -0.1) is 0 Å². The topological polar surface area (TPSA) is 37.3 Å². The van der Waals surface area contributed by atoms with Gasteiger partial charge < -0.3 is 5.11 Å². The minimum atomic E-state index is -0.663. The molecule has 0 saturated heterocycles. The maximum absolute atomic E-state index is 10.5. The first kappa shape index (κ1) is 13.9. The first-order valence-electron chi connectivity index (χ1n) is 5.47. The zero-order valence-corrected chi connectivity index (χ0v) is 10.6. The van der Waals surface area contributed by atoms with Crippen molar-refractivity contribution in [2.75, 3.05) is 5.33 Å². The molecule has 0 radical (unpaired) electrons. The molecule has 14 heavy (non-hydrogen) atoms. The molecule has 0 rings (SSSR count). The molecule has 0 heterocycles. The van der Waals surface area contributed by atoms with Crippen molar-refractivity contribution in [3.63, 3.8) is 0 Å². The Morgan fingerprint density at radius 2 is 1.64 bits per heavy atom. The van der Waals surface area contributed by atoms with Gasteiger partial charge in [0.2, 0.25) is 0 Å². The van der Waals surface area contributed by atoms with Gasteiger partial charge >= 0.3 is 5.97 Å². The number of hydrogen-bond acceptors (Lipinski definition) is 1. The number of hydrogen-bond donors (Lipinski definition) is 1. The Balaban J connectivity index is 3.09. The van der Waals surface area contributed by atoms with Crippen LogP contribution in [0.15, 0.2) is 0 Å². The van der Waals surface area contributed by atoms with Gasteiger partial charge in [-0.25, -0.2) is 0 Å². The first-order chi connectivity index (χ1) is 6.68. The highest BCUT2D eigenvalue weighted by atomic mass is 79.9. The van der Waals surface area contributed by atoms with E-state index in [1.54, 1.807) is 6.92 Å². The minimum absolute atomic E-state index is 0.169. The number of rotatable bonds is 9. The summed E-state index contributed by atoms with van der Waals surface area (Å²) < 4.78 is 0. The fraction of sp³-hybridized carbons (Fsp3) is 0.909. The molecule has 0 saturated carbocycles. The van der Waals surface area contributed by atoms with E-state index in [-0.39, 0.29) is 5.92 Å². The average molecular weight is 265 g/mol. The van der Waals surface area contributed by atoms with Crippen LogP contribution in [0.4, 0.5) is 0 Å². The third-order valence-electron chi connectivity index (χ3n) is 2.44. The molecule has 1 unspecified atom stereocenters. The van der Waals surface area contributed by atoms with Crippen LogP contribution in [-0.2, 0) is 4.79 Å². The first-order valence-corrected chi connectivity index (χ1v) is 6.59. The third-order valence-corrected chi connectivity index (χ3v) is 3.00. The quantitative estimate of drug-likeness (QED) is 0.508. The lowest BCUT2D eigenvalue weighted by Crippen LogP contribution is -2.08. The van der Waals surface area contributed by atoms with E-state index in [1.807, 2.05) is 0 Å². The highest BCUT2D eigenvalue weighted by Crippen LogP contribution is 2.12. The van der Waals surface area contributed by atoms with Gasteiger partial charge in [0.25, 0.3) is 0 Å². The zero-order valence-electron chi connectivity index (χ0n) is 8.97. The summed E-state index contributed by atoms with van der Waals surface area (Å²) in [7, 11) is 0. The summed E-state index contributed by atoms with van der Waals surface area (Å²) >= 11 is 3.40. The Kier molecular flexibility index (Phi) is 9.47. The number of alkyl halides is 1. The summed E-state index contributed by atoms with van der Waals surface area (Å²) in [5, 5.41) is 9.75. The third kappa shape index (κ3) is 8.54. The van der Waals surface area contributed by atoms with Gasteiger partial charge in [-0.3, -0.25) is 4.79 Å². The summed E-state index contributed by atoms with van der Waals surface area (Å²) in [5.41, 5.74) is 0. The second-order valence-electron chi connectivity index (χ2n) is 3.84. The van der Waals surface area contributed by atoms with Crippen LogP contribution in [-0.4, -0.2) is 16.4 Å². The van der Waals surface area contributed by atoms with Crippen LogP contribution < -0.4 is 0 Å². The predicted molar refractivity (Wildman–Crippen MR) is 62.9 cm³/mol. The summed E-state index contributed by atoms with van der Waals surface area (Å²) in [4.78, 5) is 10.5. The van der Waals surface area contributed by atoms with Crippen molar-refractivity contribution in [3.8, 4) is 0 Å². The maximum Gasteiger partial charge on any atom is 0.306 e. The van der Waals surface area contributed by atoms with Crippen molar-refractivity contribution in [1.29, 1.82) is 0 Å². The summed E-state index contributed by atoms with van der Waals surface area (Å²) in [6.45, 7) is 1.78. The van der Waals surface area contributed by atoms with Gasteiger partial charge in [0.1, 0.15) is 0 Å². The molecule has 0 aliphatic heterocycles. The fourth-order valence-corrected chi connectivity index (χ4v) is 1.77. The molecular formula is C11H21BrO2. The number of carbonyl (C=O) groups is 1. The monoisotopic (exact) mass is 264 g/mol. The van der Waals surface area contributed by atoms with Gasteiger partial charge in [-0.2, -0.15) is 0 Å². The van der Waals surface area contributed by atoms with Crippen LogP contribution >= 0.6 is 15.9 Å². The Hall–Kier alpha value is -0.0500. The van der Waals surface area contributed by atoms with E-state index in [2.05, 4.69) is 15.9 Å². The standard InChI is InChI=1S/C11H21BrO2/c1-10(11(13)14)8-6-4-2-3-5-7-9-12/h10H,2-9H2,1H3,(H,13,14). The van der Waals surface area contributed by atoms with Crippen LogP contribution in [0.2, 0.25) is 0 Å². The molecular weight excluding hydrogens is 244 g/mol. The summed E-state index contributed by atoms with van der Waals surface area (Å²) in [6, 6.07) is 0. The Morgan fingerprint density at radius 1 is 1.14 bits per heavy atom. The Labute approximate surface area is 95.2 Å². The van der Waals surface area contributed by atoms with E-state index in [9.17, 15) is 4.79 Å². The minimum Gasteiger partial charge on any atom is -0.481 e. The van der Waals surface area contributed by atoms with Crippen molar-refractivity contribution >= 4 is 21.9 Å². The van der Waals surface area contributed by atoms with Crippen molar-refractivity contribution in [1.82, 2.24) is 0 Å². The lowest BCUT2D eigenvalue weighted by Gasteiger charge is -2.05. The van der Waals surface area contributed by atoms with Crippen LogP contribution in [0.25, 0.3) is 0 Å². The normalized spacial score (nSPS) is 12.7. The second kappa shape index (κ2) is 9.50. The summed E-state index contributed by atoms with van der Waals surface area (Å²) in [5.74, 6) is -0.832. The molecule has 1 N–H and O–H groups in total. The molecule has 1 atom stereocenters. The molecule has 0 aromatic carbocycles. The zero-order chi connectivity index (χ0) is 10.8. The van der Waals surface area contributed by atoms with Crippen LogP contribution in [0.1, 0.15) is 51.9 Å². The molecule has 2 nitrogen and oxygen atoms in total. The molecule has 3 heteroatoms. The van der Waals surface area contributed by atoms with E-state index in [0.29, 0.717) is 0 Å². The molecule has 0 spiro atoms. The van der Waals surface area contributed by atoms with E-state index in [0.717, 1.165) is 18.2 Å². The van der Waals surface area contributed by atoms with E-state index < -0.39 is 5.97 Å². The van der Waals surface area contributed by atoms with E-state index in [1.165, 1.54) is 32.1 Å². The van der Waals surface area contributed by atoms with Crippen LogP contribution in [0.5, 0.6) is 0 Å². The van der Waals surface area contributed by atoms with Crippen LogP contribution in [0.3, 0.4) is 0 Å². The Morgan fingerprint density at radius 3 is 2.14 bits per heavy atom. The van der Waals surface area contributed by atoms with Crippen molar-refractivity contribution in [2.24, 2.45) is 5.92 Å². The lowest BCUT2D eigenvalue weighted by molar-refractivity contribution is -0.141. The highest BCUT2D eigenvalue weighted by molar-refractivity contribution is 9.09. The molecule has 0 aliphatic rings. The lowest BCUT2D eigenvalue weighted by atomic mass is 10.0. The fourth-order valence-electron chi connectivity index (χ4n) is 1.38. The van der Waals surface area contributed by atoms with E-state index in [4.69, 9.17) is 5.11 Å².